The summed E-state index contributed by atoms with van der Waals surface area (Å²) in [5, 5.41) is 14.6. The first-order valence-electron chi connectivity index (χ1n) is 6.87. The van der Waals surface area contributed by atoms with Crippen LogP contribution in [0.3, 0.4) is 0 Å². The molecule has 3 aromatic rings. The number of rotatable bonds is 5. The van der Waals surface area contributed by atoms with Gasteiger partial charge in [-0.1, -0.05) is 0 Å². The number of hydrogen-bond acceptors (Lipinski definition) is 6. The number of hydrogen-bond donors (Lipinski definition) is 2. The van der Waals surface area contributed by atoms with Crippen molar-refractivity contribution in [3.8, 4) is 11.5 Å². The number of carboxylic acids is 1. The normalized spacial score (nSPS) is 10.4. The summed E-state index contributed by atoms with van der Waals surface area (Å²) in [5.74, 6) is -1.17. The van der Waals surface area contributed by atoms with Crippen molar-refractivity contribution in [3.05, 3.63) is 59.0 Å². The summed E-state index contributed by atoms with van der Waals surface area (Å²) in [5.41, 5.74) is 0.833. The standard InChI is InChI=1S/C16H12FN3O3S/c1-9-8-24-16(19-9)20-14-7-11(4-5-18-14)23-13-6-10(15(21)22)2-3-12(13)17/h2-8H,1H3,(H,21,22)(H,18,19,20). The SMILES string of the molecule is Cc1csc(Nc2cc(Oc3cc(C(=O)O)ccc3F)ccn2)n1. The van der Waals surface area contributed by atoms with Gasteiger partial charge >= 0.3 is 5.97 Å². The number of aryl methyl sites for hydroxylation is 1. The molecule has 0 aliphatic rings. The predicted molar refractivity (Wildman–Crippen MR) is 87.8 cm³/mol. The van der Waals surface area contributed by atoms with Crippen LogP contribution in [0.15, 0.2) is 41.9 Å². The molecular formula is C16H12FN3O3S. The number of benzene rings is 1. The number of thiazole rings is 1. The molecule has 0 amide bonds. The van der Waals surface area contributed by atoms with E-state index in [1.807, 2.05) is 12.3 Å². The third-order valence-electron chi connectivity index (χ3n) is 2.99. The van der Waals surface area contributed by atoms with E-state index in [1.165, 1.54) is 23.6 Å². The molecular weight excluding hydrogens is 333 g/mol. The topological polar surface area (TPSA) is 84.3 Å². The molecule has 2 aromatic heterocycles. The van der Waals surface area contributed by atoms with Crippen LogP contribution in [-0.4, -0.2) is 21.0 Å². The molecule has 2 N–H and O–H groups in total. The van der Waals surface area contributed by atoms with Gasteiger partial charge in [-0.05, 0) is 31.2 Å². The number of aromatic carboxylic acids is 1. The molecule has 0 aliphatic heterocycles. The Labute approximate surface area is 140 Å². The molecule has 3 rings (SSSR count). The van der Waals surface area contributed by atoms with Gasteiger partial charge in [0.2, 0.25) is 0 Å². The average molecular weight is 345 g/mol. The van der Waals surface area contributed by atoms with Gasteiger partial charge in [0.15, 0.2) is 16.7 Å². The van der Waals surface area contributed by atoms with Gasteiger partial charge in [-0.15, -0.1) is 11.3 Å². The quantitative estimate of drug-likeness (QED) is 0.720. The molecule has 0 aliphatic carbocycles. The lowest BCUT2D eigenvalue weighted by Crippen LogP contribution is -1.98. The van der Waals surface area contributed by atoms with Crippen LogP contribution in [0.25, 0.3) is 0 Å². The molecule has 8 heteroatoms. The van der Waals surface area contributed by atoms with E-state index in [4.69, 9.17) is 9.84 Å². The maximum Gasteiger partial charge on any atom is 0.335 e. The van der Waals surface area contributed by atoms with E-state index in [2.05, 4.69) is 15.3 Å². The molecule has 24 heavy (non-hydrogen) atoms. The zero-order chi connectivity index (χ0) is 17.1. The van der Waals surface area contributed by atoms with Crippen LogP contribution in [0.2, 0.25) is 0 Å². The first-order valence-corrected chi connectivity index (χ1v) is 7.75. The molecule has 0 atom stereocenters. The van der Waals surface area contributed by atoms with E-state index in [1.54, 1.807) is 12.1 Å². The van der Waals surface area contributed by atoms with Crippen molar-refractivity contribution in [3.63, 3.8) is 0 Å². The van der Waals surface area contributed by atoms with Crippen LogP contribution in [-0.2, 0) is 0 Å². The van der Waals surface area contributed by atoms with Gasteiger partial charge in [0.05, 0.1) is 11.3 Å². The molecule has 0 spiro atoms. The fraction of sp³-hybridized carbons (Fsp3) is 0.0625. The van der Waals surface area contributed by atoms with E-state index >= 15 is 0 Å². The van der Waals surface area contributed by atoms with E-state index in [0.717, 1.165) is 17.8 Å². The van der Waals surface area contributed by atoms with Gasteiger partial charge in [0.1, 0.15) is 11.6 Å². The molecule has 0 radical (unpaired) electrons. The van der Waals surface area contributed by atoms with Crippen LogP contribution < -0.4 is 10.1 Å². The zero-order valence-electron chi connectivity index (χ0n) is 12.5. The summed E-state index contributed by atoms with van der Waals surface area (Å²) < 4.78 is 19.3. The summed E-state index contributed by atoms with van der Waals surface area (Å²) in [4.78, 5) is 19.4. The Bertz CT molecular complexity index is 898. The molecule has 0 fully saturated rings. The zero-order valence-corrected chi connectivity index (χ0v) is 13.3. The number of nitrogens with one attached hydrogen (secondary N) is 1. The minimum Gasteiger partial charge on any atom is -0.478 e. The predicted octanol–water partition coefficient (Wildman–Crippen LogP) is 4.22. The average Bonchev–Trinajstić information content (AvgIpc) is 2.94. The smallest absolute Gasteiger partial charge is 0.335 e. The van der Waals surface area contributed by atoms with Gasteiger partial charge in [0.25, 0.3) is 0 Å². The van der Waals surface area contributed by atoms with Crippen molar-refractivity contribution >= 4 is 28.3 Å². The van der Waals surface area contributed by atoms with Crippen molar-refractivity contribution in [2.45, 2.75) is 6.92 Å². The Morgan fingerprint density at radius 1 is 1.33 bits per heavy atom. The molecule has 0 saturated carbocycles. The number of pyridine rings is 1. The highest BCUT2D eigenvalue weighted by Crippen LogP contribution is 2.28. The minimum absolute atomic E-state index is 0.0583. The van der Waals surface area contributed by atoms with E-state index in [9.17, 15) is 9.18 Å². The monoisotopic (exact) mass is 345 g/mol. The summed E-state index contributed by atoms with van der Waals surface area (Å²) in [6.07, 6.45) is 1.50. The van der Waals surface area contributed by atoms with Crippen LogP contribution in [0.1, 0.15) is 16.1 Å². The van der Waals surface area contributed by atoms with Crippen molar-refractivity contribution < 1.29 is 19.0 Å². The maximum atomic E-state index is 13.8. The third kappa shape index (κ3) is 3.66. The van der Waals surface area contributed by atoms with Crippen LogP contribution in [0.4, 0.5) is 15.3 Å². The highest BCUT2D eigenvalue weighted by atomic mass is 32.1. The molecule has 122 valence electrons. The Hall–Kier alpha value is -3.00. The van der Waals surface area contributed by atoms with Crippen molar-refractivity contribution in [2.75, 3.05) is 5.32 Å². The fourth-order valence-corrected chi connectivity index (χ4v) is 2.60. The summed E-state index contributed by atoms with van der Waals surface area (Å²) in [6.45, 7) is 1.88. The second-order valence-electron chi connectivity index (χ2n) is 4.85. The van der Waals surface area contributed by atoms with Gasteiger partial charge in [-0.3, -0.25) is 0 Å². The number of aromatic nitrogens is 2. The summed E-state index contributed by atoms with van der Waals surface area (Å²) in [6, 6.07) is 6.48. The first-order chi connectivity index (χ1) is 11.5. The first kappa shape index (κ1) is 15.9. The Kier molecular flexibility index (Phi) is 4.39. The lowest BCUT2D eigenvalue weighted by molar-refractivity contribution is 0.0696. The number of carbonyl (C=O) groups is 1. The second kappa shape index (κ2) is 6.63. The Morgan fingerprint density at radius 2 is 2.17 bits per heavy atom. The molecule has 6 nitrogen and oxygen atoms in total. The Morgan fingerprint density at radius 3 is 2.88 bits per heavy atom. The van der Waals surface area contributed by atoms with Crippen LogP contribution >= 0.6 is 11.3 Å². The molecule has 0 saturated heterocycles. The minimum atomic E-state index is -1.16. The third-order valence-corrected chi connectivity index (χ3v) is 3.87. The summed E-state index contributed by atoms with van der Waals surface area (Å²) >= 11 is 1.43. The second-order valence-corrected chi connectivity index (χ2v) is 5.71. The van der Waals surface area contributed by atoms with Crippen LogP contribution in [0.5, 0.6) is 11.5 Å². The number of anilines is 2. The highest BCUT2D eigenvalue weighted by molar-refractivity contribution is 7.13. The van der Waals surface area contributed by atoms with E-state index in [-0.39, 0.29) is 11.3 Å². The number of nitrogens with zero attached hydrogens (tertiary/aromatic N) is 2. The van der Waals surface area contributed by atoms with Gasteiger partial charge in [-0.2, -0.15) is 0 Å². The van der Waals surface area contributed by atoms with E-state index in [0.29, 0.717) is 16.7 Å². The van der Waals surface area contributed by atoms with Gasteiger partial charge in [-0.25, -0.2) is 19.2 Å². The van der Waals surface area contributed by atoms with Crippen LogP contribution in [0, 0.1) is 12.7 Å². The van der Waals surface area contributed by atoms with E-state index < -0.39 is 11.8 Å². The largest absolute Gasteiger partial charge is 0.478 e. The molecule has 2 heterocycles. The lowest BCUT2D eigenvalue weighted by Gasteiger charge is -2.09. The fourth-order valence-electron chi connectivity index (χ4n) is 1.91. The molecule has 1 aromatic carbocycles. The van der Waals surface area contributed by atoms with Crippen molar-refractivity contribution in [1.29, 1.82) is 0 Å². The van der Waals surface area contributed by atoms with Crippen molar-refractivity contribution in [1.82, 2.24) is 9.97 Å². The number of halogens is 1. The Balaban J connectivity index is 1.82. The summed E-state index contributed by atoms with van der Waals surface area (Å²) in [7, 11) is 0. The number of ether oxygens (including phenoxy) is 1. The van der Waals surface area contributed by atoms with Crippen molar-refractivity contribution in [2.24, 2.45) is 0 Å². The van der Waals surface area contributed by atoms with Gasteiger partial charge in [0, 0.05) is 17.6 Å². The lowest BCUT2D eigenvalue weighted by atomic mass is 10.2. The molecule has 0 unspecified atom stereocenters. The van der Waals surface area contributed by atoms with Gasteiger partial charge < -0.3 is 15.2 Å². The maximum absolute atomic E-state index is 13.8. The highest BCUT2D eigenvalue weighted by Gasteiger charge is 2.11. The number of carboxylic acid groups (broad SMARTS) is 1. The molecule has 0 bridgehead atoms.